The molecule has 4 rings (SSSR count). The molecule has 3 aromatic carbocycles. The maximum atomic E-state index is 14.4. The van der Waals surface area contributed by atoms with Gasteiger partial charge in [-0.05, 0) is 72.4 Å². The summed E-state index contributed by atoms with van der Waals surface area (Å²) in [5, 5.41) is 9.39. The Morgan fingerprint density at radius 1 is 1.05 bits per heavy atom. The Morgan fingerprint density at radius 2 is 1.84 bits per heavy atom. The van der Waals surface area contributed by atoms with Crippen LogP contribution in [0, 0.1) is 12.7 Å². The molecular formula is C30H34FNO5. The number of hydrogen-bond acceptors (Lipinski definition) is 5. The van der Waals surface area contributed by atoms with Crippen molar-refractivity contribution >= 4 is 11.7 Å². The van der Waals surface area contributed by atoms with Gasteiger partial charge >= 0.3 is 5.97 Å². The van der Waals surface area contributed by atoms with Crippen molar-refractivity contribution in [2.45, 2.75) is 38.3 Å². The van der Waals surface area contributed by atoms with Crippen LogP contribution in [0.25, 0.3) is 11.1 Å². The Bertz CT molecular complexity index is 1210. The maximum Gasteiger partial charge on any atom is 0.305 e. The van der Waals surface area contributed by atoms with Gasteiger partial charge < -0.3 is 24.2 Å². The summed E-state index contributed by atoms with van der Waals surface area (Å²) in [6.07, 6.45) is 1.48. The molecule has 1 heterocycles. The van der Waals surface area contributed by atoms with E-state index in [4.69, 9.17) is 14.2 Å². The fourth-order valence-electron chi connectivity index (χ4n) is 4.94. The van der Waals surface area contributed by atoms with Crippen LogP contribution in [0.5, 0.6) is 5.75 Å². The van der Waals surface area contributed by atoms with E-state index in [1.54, 1.807) is 26.4 Å². The van der Waals surface area contributed by atoms with Crippen LogP contribution in [0.2, 0.25) is 0 Å². The number of carboxylic acid groups (broad SMARTS) is 1. The van der Waals surface area contributed by atoms with E-state index in [-0.39, 0.29) is 24.4 Å². The molecule has 0 amide bonds. The van der Waals surface area contributed by atoms with Crippen molar-refractivity contribution in [3.05, 3.63) is 83.2 Å². The Balaban J connectivity index is 1.46. The molecule has 2 atom stereocenters. The number of carboxylic acids is 1. The van der Waals surface area contributed by atoms with Crippen LogP contribution in [0.1, 0.15) is 29.5 Å². The predicted octanol–water partition coefficient (Wildman–Crippen LogP) is 5.49. The van der Waals surface area contributed by atoms with E-state index in [1.165, 1.54) is 6.07 Å². The summed E-state index contributed by atoms with van der Waals surface area (Å²) in [6, 6.07) is 18.9. The number of halogens is 1. The van der Waals surface area contributed by atoms with Crippen LogP contribution < -0.4 is 9.64 Å². The molecule has 0 spiro atoms. The molecule has 2 unspecified atom stereocenters. The van der Waals surface area contributed by atoms with Crippen LogP contribution >= 0.6 is 0 Å². The number of benzene rings is 3. The molecule has 1 N–H and O–H groups in total. The summed E-state index contributed by atoms with van der Waals surface area (Å²) in [7, 11) is 3.21. The minimum atomic E-state index is -0.808. The monoisotopic (exact) mass is 507 g/mol. The number of ether oxygens (including phenoxy) is 3. The van der Waals surface area contributed by atoms with Gasteiger partial charge in [-0.2, -0.15) is 0 Å². The quantitative estimate of drug-likeness (QED) is 0.347. The third kappa shape index (κ3) is 6.67. The van der Waals surface area contributed by atoms with Crippen LogP contribution in [-0.2, 0) is 20.7 Å². The molecule has 7 heteroatoms. The molecular weight excluding hydrogens is 473 g/mol. The second kappa shape index (κ2) is 12.2. The first kappa shape index (κ1) is 26.6. The first-order valence-corrected chi connectivity index (χ1v) is 12.5. The molecule has 0 aromatic heterocycles. The number of aliphatic carboxylic acids is 1. The highest BCUT2D eigenvalue weighted by molar-refractivity contribution is 5.69. The summed E-state index contributed by atoms with van der Waals surface area (Å²) in [5.74, 6) is -0.468. The number of methoxy groups -OCH3 is 2. The molecule has 1 fully saturated rings. The fraction of sp³-hybridized carbons (Fsp3) is 0.367. The molecule has 0 aliphatic carbocycles. The van der Waals surface area contributed by atoms with Gasteiger partial charge in [0.2, 0.25) is 0 Å². The van der Waals surface area contributed by atoms with E-state index in [2.05, 4.69) is 29.2 Å². The molecule has 0 radical (unpaired) electrons. The zero-order valence-corrected chi connectivity index (χ0v) is 21.6. The van der Waals surface area contributed by atoms with Crippen molar-refractivity contribution < 1.29 is 28.5 Å². The van der Waals surface area contributed by atoms with Gasteiger partial charge in [0.25, 0.3) is 0 Å². The zero-order valence-electron chi connectivity index (χ0n) is 21.6. The van der Waals surface area contributed by atoms with Gasteiger partial charge in [0, 0.05) is 30.9 Å². The van der Waals surface area contributed by atoms with Crippen molar-refractivity contribution in [3.8, 4) is 16.9 Å². The smallest absolute Gasteiger partial charge is 0.305 e. The first-order valence-electron chi connectivity index (χ1n) is 12.5. The predicted molar refractivity (Wildman–Crippen MR) is 142 cm³/mol. The van der Waals surface area contributed by atoms with Gasteiger partial charge in [-0.25, -0.2) is 4.39 Å². The second-order valence-corrected chi connectivity index (χ2v) is 9.46. The molecule has 0 bridgehead atoms. The molecule has 1 aliphatic heterocycles. The highest BCUT2D eigenvalue weighted by Crippen LogP contribution is 2.31. The van der Waals surface area contributed by atoms with E-state index >= 15 is 0 Å². The van der Waals surface area contributed by atoms with Crippen molar-refractivity contribution in [3.63, 3.8) is 0 Å². The molecule has 1 aliphatic rings. The zero-order chi connectivity index (χ0) is 26.4. The molecule has 1 saturated heterocycles. The summed E-state index contributed by atoms with van der Waals surface area (Å²) in [4.78, 5) is 13.6. The molecule has 3 aromatic rings. The topological polar surface area (TPSA) is 68.2 Å². The van der Waals surface area contributed by atoms with Crippen molar-refractivity contribution in [2.24, 2.45) is 0 Å². The number of hydrogen-bond donors (Lipinski definition) is 1. The average molecular weight is 508 g/mol. The number of aryl methyl sites for hydroxylation is 1. The minimum absolute atomic E-state index is 0.0187. The van der Waals surface area contributed by atoms with Crippen molar-refractivity contribution in [1.29, 1.82) is 0 Å². The van der Waals surface area contributed by atoms with Gasteiger partial charge in [0.05, 0.1) is 32.8 Å². The lowest BCUT2D eigenvalue weighted by molar-refractivity contribution is -0.137. The van der Waals surface area contributed by atoms with Gasteiger partial charge in [-0.15, -0.1) is 0 Å². The summed E-state index contributed by atoms with van der Waals surface area (Å²) < 4.78 is 30.6. The lowest BCUT2D eigenvalue weighted by Crippen LogP contribution is -2.31. The van der Waals surface area contributed by atoms with Crippen molar-refractivity contribution in [1.82, 2.24) is 0 Å². The average Bonchev–Trinajstić information content (AvgIpc) is 3.28. The van der Waals surface area contributed by atoms with Crippen molar-refractivity contribution in [2.75, 3.05) is 38.9 Å². The van der Waals surface area contributed by atoms with E-state index in [0.717, 1.165) is 34.4 Å². The fourth-order valence-corrected chi connectivity index (χ4v) is 4.94. The highest BCUT2D eigenvalue weighted by Gasteiger charge is 2.34. The highest BCUT2D eigenvalue weighted by atomic mass is 19.1. The Hall–Kier alpha value is -3.42. The number of rotatable bonds is 11. The normalized spacial score (nSPS) is 17.2. The summed E-state index contributed by atoms with van der Waals surface area (Å²) >= 11 is 0. The molecule has 196 valence electrons. The minimum Gasteiger partial charge on any atom is -0.497 e. The standard InChI is InChI=1S/C30H34FNO5/c1-20-14-23(28-18-26(36-3)10-11-29(28)31)7-6-22(20)15-21-4-8-24(9-5-21)32-19-27(37-13-12-35-2)16-25(32)17-30(33)34/h4-11,14,18,25,27H,12-13,15-17,19H2,1-3H3,(H,33,34). The van der Waals surface area contributed by atoms with Gasteiger partial charge in [0.15, 0.2) is 0 Å². The van der Waals surface area contributed by atoms with E-state index in [1.807, 2.05) is 25.1 Å². The number of nitrogens with zero attached hydrogens (tertiary/aromatic N) is 1. The van der Waals surface area contributed by atoms with E-state index in [9.17, 15) is 14.3 Å². The SMILES string of the molecule is COCCOC1CC(CC(=O)O)N(c2ccc(Cc3ccc(-c4cc(OC)ccc4F)cc3C)cc2)C1. The number of carbonyl (C=O) groups is 1. The van der Waals surface area contributed by atoms with Crippen LogP contribution in [0.15, 0.2) is 60.7 Å². The Labute approximate surface area is 217 Å². The lowest BCUT2D eigenvalue weighted by atomic mass is 9.95. The van der Waals surface area contributed by atoms with Crippen LogP contribution in [0.3, 0.4) is 0 Å². The largest absolute Gasteiger partial charge is 0.497 e. The maximum absolute atomic E-state index is 14.4. The molecule has 37 heavy (non-hydrogen) atoms. The lowest BCUT2D eigenvalue weighted by Gasteiger charge is -2.25. The van der Waals surface area contributed by atoms with Gasteiger partial charge in [-0.3, -0.25) is 4.79 Å². The van der Waals surface area contributed by atoms with Crippen LogP contribution in [-0.4, -0.2) is 57.2 Å². The van der Waals surface area contributed by atoms with E-state index < -0.39 is 5.97 Å². The number of anilines is 1. The molecule has 0 saturated carbocycles. The third-order valence-corrected chi connectivity index (χ3v) is 6.92. The molecule has 6 nitrogen and oxygen atoms in total. The Kier molecular flexibility index (Phi) is 8.79. The first-order chi connectivity index (χ1) is 17.9. The third-order valence-electron chi connectivity index (χ3n) is 6.92. The Morgan fingerprint density at radius 3 is 2.51 bits per heavy atom. The second-order valence-electron chi connectivity index (χ2n) is 9.46. The van der Waals surface area contributed by atoms with E-state index in [0.29, 0.717) is 37.5 Å². The van der Waals surface area contributed by atoms with Gasteiger partial charge in [0.1, 0.15) is 11.6 Å². The summed E-state index contributed by atoms with van der Waals surface area (Å²) in [6.45, 7) is 3.71. The van der Waals surface area contributed by atoms with Gasteiger partial charge in [-0.1, -0.05) is 30.3 Å². The van der Waals surface area contributed by atoms with Crippen LogP contribution in [0.4, 0.5) is 10.1 Å². The summed E-state index contributed by atoms with van der Waals surface area (Å²) in [5.41, 5.74) is 5.72.